The molecule has 1 saturated heterocycles. The summed E-state index contributed by atoms with van der Waals surface area (Å²) in [6.07, 6.45) is 0.893. The van der Waals surface area contributed by atoms with Gasteiger partial charge < -0.3 is 20.4 Å². The molecule has 0 aliphatic carbocycles. The van der Waals surface area contributed by atoms with Crippen LogP contribution in [0.4, 0.5) is 20.7 Å². The summed E-state index contributed by atoms with van der Waals surface area (Å²) in [4.78, 5) is 36.7. The van der Waals surface area contributed by atoms with Gasteiger partial charge in [0.1, 0.15) is 16.8 Å². The quantitative estimate of drug-likeness (QED) is 0.370. The summed E-state index contributed by atoms with van der Waals surface area (Å²) in [6.45, 7) is 5.05. The molecule has 0 unspecified atom stereocenters. The Labute approximate surface area is 189 Å². The third kappa shape index (κ3) is 6.70. The highest BCUT2D eigenvalue weighted by atomic mass is 35.5. The molecule has 0 radical (unpaired) electrons. The van der Waals surface area contributed by atoms with Crippen LogP contribution in [0.3, 0.4) is 0 Å². The van der Waals surface area contributed by atoms with Crippen LogP contribution in [0.2, 0.25) is 5.15 Å². The molecule has 3 amide bonds. The molecular weight excluding hydrogens is 443 g/mol. The Morgan fingerprint density at radius 1 is 1.19 bits per heavy atom. The van der Waals surface area contributed by atoms with E-state index in [1.54, 1.807) is 23.1 Å². The van der Waals surface area contributed by atoms with Crippen LogP contribution in [0.1, 0.15) is 13.3 Å². The Hall–Kier alpha value is -2.59. The van der Waals surface area contributed by atoms with Gasteiger partial charge in [0.05, 0.1) is 11.4 Å². The molecule has 1 aliphatic heterocycles. The van der Waals surface area contributed by atoms with E-state index in [0.29, 0.717) is 43.7 Å². The zero-order chi connectivity index (χ0) is 22.2. The highest BCUT2D eigenvalue weighted by molar-refractivity contribution is 7.99. The number of para-hydroxylation sites is 1. The van der Waals surface area contributed by atoms with Crippen molar-refractivity contribution in [1.82, 2.24) is 20.2 Å². The van der Waals surface area contributed by atoms with Crippen LogP contribution in [-0.4, -0.2) is 65.3 Å². The minimum absolute atomic E-state index is 0.0134. The molecular formula is C20H24ClFN6O2S. The summed E-state index contributed by atoms with van der Waals surface area (Å²) in [5.41, 5.74) is 0.127. The van der Waals surface area contributed by atoms with E-state index in [1.165, 1.54) is 12.1 Å². The van der Waals surface area contributed by atoms with E-state index >= 15 is 0 Å². The lowest BCUT2D eigenvalue weighted by Gasteiger charge is -2.35. The van der Waals surface area contributed by atoms with Crippen molar-refractivity contribution in [3.8, 4) is 0 Å². The Morgan fingerprint density at radius 3 is 2.65 bits per heavy atom. The number of halogens is 2. The average molecular weight is 467 g/mol. The molecule has 1 aromatic heterocycles. The van der Waals surface area contributed by atoms with Gasteiger partial charge in [0.25, 0.3) is 0 Å². The van der Waals surface area contributed by atoms with Crippen molar-refractivity contribution in [3.63, 3.8) is 0 Å². The zero-order valence-electron chi connectivity index (χ0n) is 17.1. The molecule has 0 bridgehead atoms. The Balaban J connectivity index is 1.55. The Morgan fingerprint density at radius 2 is 1.94 bits per heavy atom. The van der Waals surface area contributed by atoms with Crippen LogP contribution in [0.15, 0.2) is 35.5 Å². The van der Waals surface area contributed by atoms with Crippen molar-refractivity contribution in [2.24, 2.45) is 0 Å². The number of urea groups is 1. The number of nitrogens with zero attached hydrogens (tertiary/aromatic N) is 4. The van der Waals surface area contributed by atoms with Gasteiger partial charge in [-0.05, 0) is 18.6 Å². The monoisotopic (exact) mass is 466 g/mol. The number of benzene rings is 1. The van der Waals surface area contributed by atoms with E-state index in [2.05, 4.69) is 20.6 Å². The second-order valence-corrected chi connectivity index (χ2v) is 8.18. The van der Waals surface area contributed by atoms with E-state index in [9.17, 15) is 14.0 Å². The molecule has 0 spiro atoms. The summed E-state index contributed by atoms with van der Waals surface area (Å²) in [5, 5.41) is 6.03. The van der Waals surface area contributed by atoms with Gasteiger partial charge in [-0.1, -0.05) is 42.4 Å². The second-order valence-electron chi connectivity index (χ2n) is 6.85. The van der Waals surface area contributed by atoms with E-state index in [0.717, 1.165) is 18.2 Å². The molecule has 0 saturated carbocycles. The fourth-order valence-electron chi connectivity index (χ4n) is 2.97. The van der Waals surface area contributed by atoms with Crippen LogP contribution in [0.25, 0.3) is 0 Å². The number of amides is 3. The molecule has 3 rings (SSSR count). The minimum Gasteiger partial charge on any atom is -0.353 e. The molecule has 166 valence electrons. The summed E-state index contributed by atoms with van der Waals surface area (Å²) in [7, 11) is 0. The smallest absolute Gasteiger partial charge is 0.317 e. The van der Waals surface area contributed by atoms with Crippen LogP contribution in [0, 0.1) is 5.82 Å². The molecule has 8 nitrogen and oxygen atoms in total. The summed E-state index contributed by atoms with van der Waals surface area (Å²) >= 11 is 7.27. The number of aromatic nitrogens is 2. The predicted molar refractivity (Wildman–Crippen MR) is 120 cm³/mol. The molecule has 2 aromatic rings. The standard InChI is InChI=1S/C20H24ClFN6O2S/c1-2-7-23-20(30)28-10-8-27(9-11-28)17-12-16(21)25-19(26-17)31-13-18(29)24-15-6-4-3-5-14(15)22/h3-6,12H,2,7-11,13H2,1H3,(H,23,30)(H,24,29). The van der Waals surface area contributed by atoms with Crippen molar-refractivity contribution in [1.29, 1.82) is 0 Å². The predicted octanol–water partition coefficient (Wildman–Crippen LogP) is 3.24. The average Bonchev–Trinajstić information content (AvgIpc) is 2.77. The van der Waals surface area contributed by atoms with E-state index < -0.39 is 5.82 Å². The van der Waals surface area contributed by atoms with Gasteiger partial charge in [0.15, 0.2) is 5.16 Å². The van der Waals surface area contributed by atoms with Crippen molar-refractivity contribution in [3.05, 3.63) is 41.3 Å². The highest BCUT2D eigenvalue weighted by Crippen LogP contribution is 2.23. The molecule has 11 heteroatoms. The molecule has 2 heterocycles. The number of nitrogens with one attached hydrogen (secondary N) is 2. The van der Waals surface area contributed by atoms with Gasteiger partial charge in [0.2, 0.25) is 5.91 Å². The SMILES string of the molecule is CCCNC(=O)N1CCN(c2cc(Cl)nc(SCC(=O)Nc3ccccc3F)n2)CC1. The number of rotatable bonds is 7. The summed E-state index contributed by atoms with van der Waals surface area (Å²) in [6, 6.07) is 7.58. The fraction of sp³-hybridized carbons (Fsp3) is 0.400. The van der Waals surface area contributed by atoms with Gasteiger partial charge >= 0.3 is 6.03 Å². The van der Waals surface area contributed by atoms with Crippen molar-refractivity contribution in [2.75, 3.05) is 48.7 Å². The van der Waals surface area contributed by atoms with Gasteiger partial charge in [-0.2, -0.15) is 0 Å². The van der Waals surface area contributed by atoms with E-state index in [-0.39, 0.29) is 28.5 Å². The first-order valence-electron chi connectivity index (χ1n) is 9.95. The molecule has 2 N–H and O–H groups in total. The van der Waals surface area contributed by atoms with Gasteiger partial charge in [-0.3, -0.25) is 4.79 Å². The minimum atomic E-state index is -0.496. The maximum absolute atomic E-state index is 13.7. The van der Waals surface area contributed by atoms with Crippen LogP contribution >= 0.6 is 23.4 Å². The zero-order valence-corrected chi connectivity index (χ0v) is 18.7. The van der Waals surface area contributed by atoms with Crippen LogP contribution < -0.4 is 15.5 Å². The first-order chi connectivity index (χ1) is 15.0. The molecule has 1 fully saturated rings. The third-order valence-corrected chi connectivity index (χ3v) is 5.60. The van der Waals surface area contributed by atoms with Crippen molar-refractivity contribution in [2.45, 2.75) is 18.5 Å². The topological polar surface area (TPSA) is 90.5 Å². The normalized spacial score (nSPS) is 13.8. The molecule has 1 aromatic carbocycles. The number of hydrogen-bond acceptors (Lipinski definition) is 6. The number of anilines is 2. The lowest BCUT2D eigenvalue weighted by atomic mass is 10.3. The lowest BCUT2D eigenvalue weighted by Crippen LogP contribution is -2.52. The van der Waals surface area contributed by atoms with Crippen molar-refractivity contribution < 1.29 is 14.0 Å². The number of hydrogen-bond donors (Lipinski definition) is 2. The molecule has 31 heavy (non-hydrogen) atoms. The van der Waals surface area contributed by atoms with E-state index in [4.69, 9.17) is 11.6 Å². The number of carbonyl (C=O) groups excluding carboxylic acids is 2. The first-order valence-corrected chi connectivity index (χ1v) is 11.3. The van der Waals surface area contributed by atoms with Gasteiger partial charge in [0, 0.05) is 38.8 Å². The second kappa shape index (κ2) is 11.1. The molecule has 1 aliphatic rings. The maximum Gasteiger partial charge on any atom is 0.317 e. The first kappa shape index (κ1) is 23.1. The maximum atomic E-state index is 13.7. The van der Waals surface area contributed by atoms with Gasteiger partial charge in [-0.15, -0.1) is 0 Å². The Bertz CT molecular complexity index is 926. The number of piperazine rings is 1. The largest absolute Gasteiger partial charge is 0.353 e. The van der Waals surface area contributed by atoms with Gasteiger partial charge in [-0.25, -0.2) is 19.2 Å². The van der Waals surface area contributed by atoms with E-state index in [1.807, 2.05) is 11.8 Å². The van der Waals surface area contributed by atoms with Crippen LogP contribution in [0.5, 0.6) is 0 Å². The third-order valence-electron chi connectivity index (χ3n) is 4.56. The van der Waals surface area contributed by atoms with Crippen molar-refractivity contribution >= 4 is 46.8 Å². The summed E-state index contributed by atoms with van der Waals surface area (Å²) < 4.78 is 13.7. The lowest BCUT2D eigenvalue weighted by molar-refractivity contribution is -0.113. The summed E-state index contributed by atoms with van der Waals surface area (Å²) in [5.74, 6) is -0.207. The number of carbonyl (C=O) groups is 2. The van der Waals surface area contributed by atoms with Crippen LogP contribution in [-0.2, 0) is 4.79 Å². The highest BCUT2D eigenvalue weighted by Gasteiger charge is 2.22. The Kier molecular flexibility index (Phi) is 8.30. The number of thioether (sulfide) groups is 1. The molecule has 0 atom stereocenters. The fourth-order valence-corrected chi connectivity index (χ4v) is 3.85.